The summed E-state index contributed by atoms with van der Waals surface area (Å²) in [6.07, 6.45) is 1.82. The van der Waals surface area contributed by atoms with E-state index < -0.39 is 5.82 Å². The maximum absolute atomic E-state index is 13.8. The second kappa shape index (κ2) is 8.33. The number of aromatic nitrogens is 1. The van der Waals surface area contributed by atoms with Crippen molar-refractivity contribution in [1.82, 2.24) is 15.4 Å². The monoisotopic (exact) mass is 373 g/mol. The number of likely N-dealkylation sites (tertiary alicyclic amines) is 1. The van der Waals surface area contributed by atoms with E-state index >= 15 is 0 Å². The van der Waals surface area contributed by atoms with Crippen LogP contribution in [0.1, 0.15) is 40.2 Å². The highest BCUT2D eigenvalue weighted by Crippen LogP contribution is 2.20. The van der Waals surface area contributed by atoms with E-state index in [4.69, 9.17) is 4.52 Å². The third-order valence-corrected chi connectivity index (χ3v) is 5.11. The van der Waals surface area contributed by atoms with Crippen LogP contribution in [0.2, 0.25) is 0 Å². The van der Waals surface area contributed by atoms with Crippen LogP contribution in [0.3, 0.4) is 0 Å². The van der Waals surface area contributed by atoms with Crippen LogP contribution in [-0.4, -0.2) is 41.5 Å². The van der Waals surface area contributed by atoms with Gasteiger partial charge in [0, 0.05) is 25.2 Å². The Morgan fingerprint density at radius 3 is 2.59 bits per heavy atom. The predicted octanol–water partition coefficient (Wildman–Crippen LogP) is 2.64. The molecule has 2 aromatic rings. The molecule has 0 bridgehead atoms. The Morgan fingerprint density at radius 2 is 1.96 bits per heavy atom. The van der Waals surface area contributed by atoms with Gasteiger partial charge >= 0.3 is 0 Å². The maximum Gasteiger partial charge on any atom is 0.256 e. The lowest BCUT2D eigenvalue weighted by Gasteiger charge is -2.32. The van der Waals surface area contributed by atoms with E-state index in [2.05, 4.69) is 10.5 Å². The Bertz CT molecular complexity index is 806. The van der Waals surface area contributed by atoms with Crippen molar-refractivity contribution in [1.29, 1.82) is 0 Å². The van der Waals surface area contributed by atoms with Crippen molar-refractivity contribution >= 4 is 11.8 Å². The molecule has 7 heteroatoms. The third-order valence-electron chi connectivity index (χ3n) is 5.11. The van der Waals surface area contributed by atoms with Crippen molar-refractivity contribution in [3.8, 4) is 0 Å². The number of carbonyl (C=O) groups is 2. The highest BCUT2D eigenvalue weighted by molar-refractivity contribution is 5.94. The van der Waals surface area contributed by atoms with Crippen LogP contribution in [0.4, 0.5) is 4.39 Å². The highest BCUT2D eigenvalue weighted by Gasteiger charge is 2.25. The van der Waals surface area contributed by atoms with Gasteiger partial charge in [0.2, 0.25) is 5.91 Å². The number of nitrogens with zero attached hydrogens (tertiary/aromatic N) is 2. The van der Waals surface area contributed by atoms with Gasteiger partial charge in [-0.3, -0.25) is 9.59 Å². The molecule has 1 N–H and O–H groups in total. The maximum atomic E-state index is 13.8. The first-order chi connectivity index (χ1) is 13.0. The number of hydrogen-bond donors (Lipinski definition) is 1. The smallest absolute Gasteiger partial charge is 0.256 e. The summed E-state index contributed by atoms with van der Waals surface area (Å²) in [6.45, 7) is 5.32. The standard InChI is InChI=1S/C20H24FN3O3/c1-13-17(14(2)27-23-13)11-19(25)22-12-15-7-9-24(10-8-15)20(26)16-5-3-4-6-18(16)21/h3-6,15H,7-12H2,1-2H3,(H,22,25). The van der Waals surface area contributed by atoms with Gasteiger partial charge in [-0.25, -0.2) is 4.39 Å². The number of hydrogen-bond acceptors (Lipinski definition) is 4. The van der Waals surface area contributed by atoms with E-state index in [0.29, 0.717) is 31.3 Å². The fourth-order valence-electron chi connectivity index (χ4n) is 3.38. The van der Waals surface area contributed by atoms with Crippen molar-refractivity contribution in [2.24, 2.45) is 5.92 Å². The van der Waals surface area contributed by atoms with Crippen LogP contribution in [0.25, 0.3) is 0 Å². The predicted molar refractivity (Wildman–Crippen MR) is 97.7 cm³/mol. The quantitative estimate of drug-likeness (QED) is 0.874. The number of carbonyl (C=O) groups excluding carboxylic acids is 2. The minimum absolute atomic E-state index is 0.0609. The Hall–Kier alpha value is -2.70. The van der Waals surface area contributed by atoms with Crippen LogP contribution in [0, 0.1) is 25.6 Å². The molecule has 27 heavy (non-hydrogen) atoms. The molecule has 144 valence electrons. The first-order valence-electron chi connectivity index (χ1n) is 9.18. The van der Waals surface area contributed by atoms with Crippen LogP contribution in [-0.2, 0) is 11.2 Å². The number of nitrogens with one attached hydrogen (secondary N) is 1. The van der Waals surface area contributed by atoms with Crippen molar-refractivity contribution in [2.45, 2.75) is 33.1 Å². The van der Waals surface area contributed by atoms with Crippen molar-refractivity contribution in [2.75, 3.05) is 19.6 Å². The molecular formula is C20H24FN3O3. The number of piperidine rings is 1. The molecule has 6 nitrogen and oxygen atoms in total. The topological polar surface area (TPSA) is 75.4 Å². The summed E-state index contributed by atoms with van der Waals surface area (Å²) in [5.41, 5.74) is 1.68. The van der Waals surface area contributed by atoms with Gasteiger partial charge in [0.15, 0.2) is 0 Å². The first kappa shape index (κ1) is 19.1. The summed E-state index contributed by atoms with van der Waals surface area (Å²) in [7, 11) is 0. The second-order valence-electron chi connectivity index (χ2n) is 7.00. The Balaban J connectivity index is 1.45. The van der Waals surface area contributed by atoms with Gasteiger partial charge in [-0.2, -0.15) is 0 Å². The first-order valence-corrected chi connectivity index (χ1v) is 9.18. The molecule has 1 saturated heterocycles. The fourth-order valence-corrected chi connectivity index (χ4v) is 3.38. The van der Waals surface area contributed by atoms with Gasteiger partial charge in [-0.1, -0.05) is 17.3 Å². The Kier molecular flexibility index (Phi) is 5.88. The lowest BCUT2D eigenvalue weighted by Crippen LogP contribution is -2.42. The number of benzene rings is 1. The minimum atomic E-state index is -0.490. The van der Waals surface area contributed by atoms with Gasteiger partial charge < -0.3 is 14.7 Å². The zero-order valence-electron chi connectivity index (χ0n) is 15.6. The van der Waals surface area contributed by atoms with Crippen molar-refractivity contribution < 1.29 is 18.5 Å². The summed E-state index contributed by atoms with van der Waals surface area (Å²) < 4.78 is 18.9. The average Bonchev–Trinajstić information content (AvgIpc) is 2.98. The molecule has 1 fully saturated rings. The molecule has 0 radical (unpaired) electrons. The van der Waals surface area contributed by atoms with Crippen LogP contribution in [0.5, 0.6) is 0 Å². The molecule has 0 saturated carbocycles. The largest absolute Gasteiger partial charge is 0.361 e. The molecule has 0 unspecified atom stereocenters. The molecule has 1 aliphatic rings. The summed E-state index contributed by atoms with van der Waals surface area (Å²) in [4.78, 5) is 26.3. The number of amides is 2. The molecule has 2 amide bonds. The van der Waals surface area contributed by atoms with Gasteiger partial charge in [-0.15, -0.1) is 0 Å². The average molecular weight is 373 g/mol. The van der Waals surface area contributed by atoms with Gasteiger partial charge in [-0.05, 0) is 44.7 Å². The van der Waals surface area contributed by atoms with Crippen molar-refractivity contribution in [3.63, 3.8) is 0 Å². The fraction of sp³-hybridized carbons (Fsp3) is 0.450. The second-order valence-corrected chi connectivity index (χ2v) is 7.00. The normalized spacial score (nSPS) is 15.0. The highest BCUT2D eigenvalue weighted by atomic mass is 19.1. The van der Waals surface area contributed by atoms with E-state index in [1.54, 1.807) is 24.0 Å². The third kappa shape index (κ3) is 4.53. The van der Waals surface area contributed by atoms with E-state index in [9.17, 15) is 14.0 Å². The van der Waals surface area contributed by atoms with Gasteiger partial charge in [0.1, 0.15) is 11.6 Å². The SMILES string of the molecule is Cc1noc(C)c1CC(=O)NCC1CCN(C(=O)c2ccccc2F)CC1. The van der Waals surface area contributed by atoms with Gasteiger partial charge in [0.25, 0.3) is 5.91 Å². The molecule has 0 aliphatic carbocycles. The summed E-state index contributed by atoms with van der Waals surface area (Å²) in [5.74, 6) is 0.158. The summed E-state index contributed by atoms with van der Waals surface area (Å²) in [6, 6.07) is 6.05. The molecular weight excluding hydrogens is 349 g/mol. The zero-order chi connectivity index (χ0) is 19.4. The van der Waals surface area contributed by atoms with Gasteiger partial charge in [0.05, 0.1) is 17.7 Å². The lowest BCUT2D eigenvalue weighted by atomic mass is 9.96. The van der Waals surface area contributed by atoms with Crippen LogP contribution >= 0.6 is 0 Å². The molecule has 0 spiro atoms. The Labute approximate surface area is 157 Å². The Morgan fingerprint density at radius 1 is 1.26 bits per heavy atom. The van der Waals surface area contributed by atoms with E-state index in [0.717, 1.165) is 24.1 Å². The number of aryl methyl sites for hydroxylation is 2. The number of halogens is 1. The van der Waals surface area contributed by atoms with E-state index in [1.807, 2.05) is 6.92 Å². The molecule has 1 aliphatic heterocycles. The number of rotatable bonds is 5. The minimum Gasteiger partial charge on any atom is -0.361 e. The van der Waals surface area contributed by atoms with E-state index in [-0.39, 0.29) is 23.8 Å². The summed E-state index contributed by atoms with van der Waals surface area (Å²) in [5, 5.41) is 6.81. The van der Waals surface area contributed by atoms with Crippen molar-refractivity contribution in [3.05, 3.63) is 52.7 Å². The lowest BCUT2D eigenvalue weighted by molar-refractivity contribution is -0.120. The van der Waals surface area contributed by atoms with Crippen LogP contribution in [0.15, 0.2) is 28.8 Å². The molecule has 0 atom stereocenters. The molecule has 1 aromatic heterocycles. The zero-order valence-corrected chi connectivity index (χ0v) is 15.6. The molecule has 1 aromatic carbocycles. The van der Waals surface area contributed by atoms with E-state index in [1.165, 1.54) is 12.1 Å². The summed E-state index contributed by atoms with van der Waals surface area (Å²) >= 11 is 0. The molecule has 2 heterocycles. The van der Waals surface area contributed by atoms with Crippen LogP contribution < -0.4 is 5.32 Å². The molecule has 3 rings (SSSR count).